The zero-order valence-corrected chi connectivity index (χ0v) is 11.8. The summed E-state index contributed by atoms with van der Waals surface area (Å²) in [5.41, 5.74) is 2.17. The third-order valence-corrected chi connectivity index (χ3v) is 3.62. The molecule has 1 atom stereocenters. The number of benzene rings is 2. The molecular weight excluding hydrogens is 286 g/mol. The summed E-state index contributed by atoms with van der Waals surface area (Å²) in [5.74, 6) is -0.311. The SMILES string of the molecule is Cc1cc(F)ccc1C(O)Cc1cc(Cl)ccc1Cl. The van der Waals surface area contributed by atoms with Crippen molar-refractivity contribution in [2.75, 3.05) is 0 Å². The maximum atomic E-state index is 13.0. The molecule has 0 fully saturated rings. The first-order valence-corrected chi connectivity index (χ1v) is 6.61. The molecule has 0 spiro atoms. The lowest BCUT2D eigenvalue weighted by Gasteiger charge is -2.15. The van der Waals surface area contributed by atoms with Crippen molar-refractivity contribution in [1.29, 1.82) is 0 Å². The maximum absolute atomic E-state index is 13.0. The van der Waals surface area contributed by atoms with Crippen molar-refractivity contribution >= 4 is 23.2 Å². The number of aliphatic hydroxyl groups is 1. The summed E-state index contributed by atoms with van der Waals surface area (Å²) in [4.78, 5) is 0. The Labute approximate surface area is 121 Å². The van der Waals surface area contributed by atoms with Crippen LogP contribution in [0.4, 0.5) is 4.39 Å². The van der Waals surface area contributed by atoms with E-state index in [1.54, 1.807) is 31.2 Å². The summed E-state index contributed by atoms with van der Waals surface area (Å²) >= 11 is 12.0. The molecule has 19 heavy (non-hydrogen) atoms. The number of hydrogen-bond donors (Lipinski definition) is 1. The molecule has 0 aliphatic rings. The number of hydrogen-bond acceptors (Lipinski definition) is 1. The number of aryl methyl sites for hydroxylation is 1. The van der Waals surface area contributed by atoms with Gasteiger partial charge in [-0.05, 0) is 53.9 Å². The van der Waals surface area contributed by atoms with Gasteiger partial charge in [0.05, 0.1) is 6.10 Å². The highest BCUT2D eigenvalue weighted by Gasteiger charge is 2.14. The molecule has 0 saturated heterocycles. The standard InChI is InChI=1S/C15H13Cl2FO/c1-9-6-12(18)3-4-13(9)15(19)8-10-7-11(16)2-5-14(10)17/h2-7,15,19H,8H2,1H3. The molecule has 2 rings (SSSR count). The largest absolute Gasteiger partial charge is 0.388 e. The topological polar surface area (TPSA) is 20.2 Å². The van der Waals surface area contributed by atoms with Crippen molar-refractivity contribution in [2.24, 2.45) is 0 Å². The second-order valence-corrected chi connectivity index (χ2v) is 5.30. The van der Waals surface area contributed by atoms with Gasteiger partial charge in [0.25, 0.3) is 0 Å². The first-order chi connectivity index (χ1) is 8.97. The zero-order chi connectivity index (χ0) is 14.0. The van der Waals surface area contributed by atoms with Crippen LogP contribution >= 0.6 is 23.2 Å². The molecule has 0 aliphatic heterocycles. The maximum Gasteiger partial charge on any atom is 0.123 e. The minimum Gasteiger partial charge on any atom is -0.388 e. The molecular formula is C15H13Cl2FO. The predicted molar refractivity (Wildman–Crippen MR) is 76.3 cm³/mol. The molecule has 0 saturated carbocycles. The summed E-state index contributed by atoms with van der Waals surface area (Å²) in [6, 6.07) is 9.45. The van der Waals surface area contributed by atoms with E-state index in [-0.39, 0.29) is 5.82 Å². The Bertz CT molecular complexity index is 599. The summed E-state index contributed by atoms with van der Waals surface area (Å²) < 4.78 is 13.0. The van der Waals surface area contributed by atoms with E-state index in [0.29, 0.717) is 27.6 Å². The number of rotatable bonds is 3. The molecule has 100 valence electrons. The van der Waals surface area contributed by atoms with E-state index in [1.807, 2.05) is 0 Å². The van der Waals surface area contributed by atoms with Gasteiger partial charge in [-0.1, -0.05) is 29.3 Å². The molecule has 0 aromatic heterocycles. The Morgan fingerprint density at radius 3 is 2.58 bits per heavy atom. The molecule has 1 unspecified atom stereocenters. The van der Waals surface area contributed by atoms with Crippen LogP contribution in [0.3, 0.4) is 0 Å². The van der Waals surface area contributed by atoms with Crippen LogP contribution in [0.2, 0.25) is 10.0 Å². The molecule has 2 aromatic rings. The highest BCUT2D eigenvalue weighted by Crippen LogP contribution is 2.27. The Morgan fingerprint density at radius 1 is 1.16 bits per heavy atom. The van der Waals surface area contributed by atoms with Gasteiger partial charge in [-0.2, -0.15) is 0 Å². The second-order valence-electron chi connectivity index (χ2n) is 4.46. The second kappa shape index (κ2) is 5.91. The van der Waals surface area contributed by atoms with Gasteiger partial charge in [-0.3, -0.25) is 0 Å². The lowest BCUT2D eigenvalue weighted by molar-refractivity contribution is 0.177. The fraction of sp³-hybridized carbons (Fsp3) is 0.200. The predicted octanol–water partition coefficient (Wildman–Crippen LogP) is 4.72. The third kappa shape index (κ3) is 3.47. The van der Waals surface area contributed by atoms with E-state index in [0.717, 1.165) is 5.56 Å². The average Bonchev–Trinajstić information content (AvgIpc) is 2.33. The average molecular weight is 299 g/mol. The molecule has 4 heteroatoms. The van der Waals surface area contributed by atoms with Crippen LogP contribution in [-0.4, -0.2) is 5.11 Å². The van der Waals surface area contributed by atoms with Gasteiger partial charge in [0.2, 0.25) is 0 Å². The normalized spacial score (nSPS) is 12.5. The molecule has 0 amide bonds. The molecule has 1 nitrogen and oxygen atoms in total. The van der Waals surface area contributed by atoms with Crippen molar-refractivity contribution in [3.63, 3.8) is 0 Å². The van der Waals surface area contributed by atoms with Gasteiger partial charge < -0.3 is 5.11 Å². The van der Waals surface area contributed by atoms with Crippen LogP contribution < -0.4 is 0 Å². The zero-order valence-electron chi connectivity index (χ0n) is 10.3. The Morgan fingerprint density at radius 2 is 1.89 bits per heavy atom. The molecule has 2 aromatic carbocycles. The van der Waals surface area contributed by atoms with E-state index < -0.39 is 6.10 Å². The van der Waals surface area contributed by atoms with Gasteiger partial charge in [0.15, 0.2) is 0 Å². The summed E-state index contributed by atoms with van der Waals surface area (Å²) in [5, 5.41) is 11.4. The minimum absolute atomic E-state index is 0.311. The van der Waals surface area contributed by atoms with Crippen molar-refractivity contribution < 1.29 is 9.50 Å². The molecule has 0 bridgehead atoms. The fourth-order valence-electron chi connectivity index (χ4n) is 2.03. The molecule has 0 aliphatic carbocycles. The lowest BCUT2D eigenvalue weighted by atomic mass is 9.97. The van der Waals surface area contributed by atoms with Crippen LogP contribution in [-0.2, 0) is 6.42 Å². The monoisotopic (exact) mass is 298 g/mol. The van der Waals surface area contributed by atoms with Crippen molar-refractivity contribution in [3.05, 3.63) is 69.0 Å². The first kappa shape index (κ1) is 14.3. The summed E-state index contributed by atoms with van der Waals surface area (Å²) in [6.07, 6.45) is -0.400. The van der Waals surface area contributed by atoms with Crippen molar-refractivity contribution in [2.45, 2.75) is 19.4 Å². The van der Waals surface area contributed by atoms with E-state index in [1.165, 1.54) is 12.1 Å². The van der Waals surface area contributed by atoms with Crippen LogP contribution in [0.15, 0.2) is 36.4 Å². The van der Waals surface area contributed by atoms with Crippen LogP contribution in [0, 0.1) is 12.7 Å². The van der Waals surface area contributed by atoms with E-state index >= 15 is 0 Å². The highest BCUT2D eigenvalue weighted by atomic mass is 35.5. The lowest BCUT2D eigenvalue weighted by Crippen LogP contribution is -2.04. The van der Waals surface area contributed by atoms with Gasteiger partial charge in [-0.15, -0.1) is 0 Å². The van der Waals surface area contributed by atoms with Crippen LogP contribution in [0.5, 0.6) is 0 Å². The van der Waals surface area contributed by atoms with E-state index in [9.17, 15) is 9.50 Å². The Balaban J connectivity index is 2.25. The van der Waals surface area contributed by atoms with Crippen LogP contribution in [0.25, 0.3) is 0 Å². The molecule has 0 radical (unpaired) electrons. The van der Waals surface area contributed by atoms with Crippen LogP contribution in [0.1, 0.15) is 22.8 Å². The highest BCUT2D eigenvalue weighted by molar-refractivity contribution is 6.33. The summed E-state index contributed by atoms with van der Waals surface area (Å²) in [7, 11) is 0. The summed E-state index contributed by atoms with van der Waals surface area (Å²) in [6.45, 7) is 1.77. The Kier molecular flexibility index (Phi) is 4.46. The van der Waals surface area contributed by atoms with Gasteiger partial charge in [-0.25, -0.2) is 4.39 Å². The van der Waals surface area contributed by atoms with Crippen molar-refractivity contribution in [3.8, 4) is 0 Å². The quantitative estimate of drug-likeness (QED) is 0.869. The van der Waals surface area contributed by atoms with Gasteiger partial charge in [0.1, 0.15) is 5.82 Å². The number of aliphatic hydroxyl groups excluding tert-OH is 1. The smallest absolute Gasteiger partial charge is 0.123 e. The first-order valence-electron chi connectivity index (χ1n) is 5.85. The van der Waals surface area contributed by atoms with Gasteiger partial charge >= 0.3 is 0 Å². The molecule has 0 heterocycles. The third-order valence-electron chi connectivity index (χ3n) is 3.01. The minimum atomic E-state index is -0.739. The van der Waals surface area contributed by atoms with Crippen molar-refractivity contribution in [1.82, 2.24) is 0 Å². The number of halogens is 3. The van der Waals surface area contributed by atoms with E-state index in [2.05, 4.69) is 0 Å². The fourth-order valence-corrected chi connectivity index (χ4v) is 2.42. The Hall–Kier alpha value is -1.09. The molecule has 1 N–H and O–H groups in total. The van der Waals surface area contributed by atoms with Gasteiger partial charge in [0, 0.05) is 16.5 Å². The van der Waals surface area contributed by atoms with E-state index in [4.69, 9.17) is 23.2 Å².